The van der Waals surface area contributed by atoms with Crippen molar-refractivity contribution in [2.45, 2.75) is 0 Å². The molecule has 0 aliphatic rings. The summed E-state index contributed by atoms with van der Waals surface area (Å²) in [5.74, 6) is 0.654. The quantitative estimate of drug-likeness (QED) is 0.163. The Bertz CT molecular complexity index is 2930. The number of hydrogen-bond acceptors (Lipinski definition) is 4. The van der Waals surface area contributed by atoms with E-state index in [-0.39, 0.29) is 0 Å². The van der Waals surface area contributed by atoms with E-state index >= 15 is 0 Å². The molecule has 0 aliphatic heterocycles. The lowest BCUT2D eigenvalue weighted by molar-refractivity contribution is 1.18. The summed E-state index contributed by atoms with van der Waals surface area (Å²) in [6, 6.07) is 59.9. The Hall–Kier alpha value is -7.30. The summed E-state index contributed by atoms with van der Waals surface area (Å²) in [5.41, 5.74) is 11.5. The molecule has 0 unspecified atom stereocenters. The predicted octanol–water partition coefficient (Wildman–Crippen LogP) is 12.7. The lowest BCUT2D eigenvalue weighted by Crippen LogP contribution is -1.97. The zero-order valence-electron chi connectivity index (χ0n) is 29.3. The highest BCUT2D eigenvalue weighted by Crippen LogP contribution is 2.44. The van der Waals surface area contributed by atoms with E-state index in [9.17, 15) is 0 Å². The standard InChI is InChI=1S/C50H32N4/c1-2-12-34(13-3-1)48-41-20-6-8-22-43(41)49(44-23-9-7-21-42(44)48)37-17-11-18-38(29-37)50-53-46(36-16-10-15-35(28-36)33-24-26-51-27-25-33)30-47(54-50)45-32-52-31-39-14-4-5-19-40(39)45/h1-32H. The van der Waals surface area contributed by atoms with Crippen molar-refractivity contribution < 1.29 is 0 Å². The van der Waals surface area contributed by atoms with Gasteiger partial charge in [0, 0.05) is 46.9 Å². The van der Waals surface area contributed by atoms with Crippen LogP contribution in [0.5, 0.6) is 0 Å². The number of benzene rings is 7. The Morgan fingerprint density at radius 3 is 1.57 bits per heavy atom. The van der Waals surface area contributed by atoms with Crippen molar-refractivity contribution in [2.75, 3.05) is 0 Å². The Labute approximate surface area is 313 Å². The maximum atomic E-state index is 5.28. The van der Waals surface area contributed by atoms with Crippen LogP contribution in [0.1, 0.15) is 0 Å². The van der Waals surface area contributed by atoms with Crippen molar-refractivity contribution in [3.05, 3.63) is 195 Å². The van der Waals surface area contributed by atoms with Crippen LogP contribution in [0.2, 0.25) is 0 Å². The van der Waals surface area contributed by atoms with Crippen LogP contribution in [-0.2, 0) is 0 Å². The Kier molecular flexibility index (Phi) is 7.77. The summed E-state index contributed by atoms with van der Waals surface area (Å²) >= 11 is 0. The van der Waals surface area contributed by atoms with Gasteiger partial charge in [-0.1, -0.05) is 140 Å². The highest BCUT2D eigenvalue weighted by atomic mass is 14.9. The number of nitrogens with zero attached hydrogens (tertiary/aromatic N) is 4. The first kappa shape index (κ1) is 31.4. The van der Waals surface area contributed by atoms with Gasteiger partial charge in [-0.2, -0.15) is 0 Å². The van der Waals surface area contributed by atoms with E-state index < -0.39 is 0 Å². The molecule has 0 fully saturated rings. The van der Waals surface area contributed by atoms with Crippen molar-refractivity contribution in [1.82, 2.24) is 19.9 Å². The molecule has 7 aromatic carbocycles. The molecule has 4 nitrogen and oxygen atoms in total. The summed E-state index contributed by atoms with van der Waals surface area (Å²) < 4.78 is 0. The van der Waals surface area contributed by atoms with Crippen LogP contribution >= 0.6 is 0 Å². The third kappa shape index (κ3) is 5.58. The maximum absolute atomic E-state index is 5.28. The molecule has 0 bridgehead atoms. The topological polar surface area (TPSA) is 51.6 Å². The fourth-order valence-electron chi connectivity index (χ4n) is 7.75. The first-order valence-electron chi connectivity index (χ1n) is 18.1. The minimum Gasteiger partial charge on any atom is -0.265 e. The molecule has 0 aliphatic carbocycles. The molecule has 0 spiro atoms. The van der Waals surface area contributed by atoms with Gasteiger partial charge in [-0.15, -0.1) is 0 Å². The van der Waals surface area contributed by atoms with E-state index in [1.54, 1.807) is 0 Å². The molecule has 0 radical (unpaired) electrons. The van der Waals surface area contributed by atoms with Gasteiger partial charge in [-0.3, -0.25) is 9.97 Å². The van der Waals surface area contributed by atoms with Crippen LogP contribution in [0.4, 0.5) is 0 Å². The monoisotopic (exact) mass is 688 g/mol. The normalized spacial score (nSPS) is 11.3. The van der Waals surface area contributed by atoms with E-state index in [0.717, 1.165) is 55.5 Å². The second-order valence-electron chi connectivity index (χ2n) is 13.5. The fraction of sp³-hybridized carbons (Fsp3) is 0. The largest absolute Gasteiger partial charge is 0.265 e. The molecule has 0 atom stereocenters. The molecule has 252 valence electrons. The SMILES string of the molecule is c1ccc(-c2c3ccccc3c(-c3cccc(-c4nc(-c5cccc(-c6ccncc6)c5)cc(-c5cncc6ccccc56)n4)c3)c3ccccc23)cc1. The highest BCUT2D eigenvalue weighted by Gasteiger charge is 2.18. The van der Waals surface area contributed by atoms with Crippen LogP contribution in [0.3, 0.4) is 0 Å². The highest BCUT2D eigenvalue weighted by molar-refractivity contribution is 6.21. The number of fused-ring (bicyclic) bond motifs is 3. The second kappa shape index (κ2) is 13.4. The molecule has 4 heteroatoms. The van der Waals surface area contributed by atoms with Crippen LogP contribution in [0, 0.1) is 0 Å². The summed E-state index contributed by atoms with van der Waals surface area (Å²) in [5, 5.41) is 7.02. The number of pyridine rings is 2. The molecule has 3 aromatic heterocycles. The van der Waals surface area contributed by atoms with E-state index in [0.29, 0.717) is 5.82 Å². The van der Waals surface area contributed by atoms with E-state index in [2.05, 4.69) is 162 Å². The lowest BCUT2D eigenvalue weighted by atomic mass is 9.85. The first-order chi connectivity index (χ1) is 26.8. The number of hydrogen-bond donors (Lipinski definition) is 0. The van der Waals surface area contributed by atoms with Gasteiger partial charge < -0.3 is 0 Å². The molecule has 0 saturated carbocycles. The Morgan fingerprint density at radius 2 is 0.852 bits per heavy atom. The molecular weight excluding hydrogens is 657 g/mol. The molecule has 54 heavy (non-hydrogen) atoms. The smallest absolute Gasteiger partial charge is 0.160 e. The average Bonchev–Trinajstić information content (AvgIpc) is 3.26. The van der Waals surface area contributed by atoms with Gasteiger partial charge in [0.25, 0.3) is 0 Å². The maximum Gasteiger partial charge on any atom is 0.160 e. The molecule has 0 N–H and O–H groups in total. The molecule has 3 heterocycles. The van der Waals surface area contributed by atoms with Crippen molar-refractivity contribution in [2.24, 2.45) is 0 Å². The van der Waals surface area contributed by atoms with Gasteiger partial charge in [0.2, 0.25) is 0 Å². The fourth-order valence-corrected chi connectivity index (χ4v) is 7.75. The van der Waals surface area contributed by atoms with Gasteiger partial charge in [-0.25, -0.2) is 9.97 Å². The molecule has 10 aromatic rings. The number of aromatic nitrogens is 4. The minimum atomic E-state index is 0.654. The summed E-state index contributed by atoms with van der Waals surface area (Å²) in [6.07, 6.45) is 7.46. The van der Waals surface area contributed by atoms with Gasteiger partial charge in [0.05, 0.1) is 11.4 Å². The van der Waals surface area contributed by atoms with Gasteiger partial charge in [-0.05, 0) is 90.6 Å². The third-order valence-electron chi connectivity index (χ3n) is 10.2. The van der Waals surface area contributed by atoms with E-state index in [1.807, 2.05) is 43.0 Å². The summed E-state index contributed by atoms with van der Waals surface area (Å²) in [4.78, 5) is 19.4. The molecular formula is C50H32N4. The van der Waals surface area contributed by atoms with Gasteiger partial charge in [0.1, 0.15) is 0 Å². The van der Waals surface area contributed by atoms with E-state index in [4.69, 9.17) is 9.97 Å². The summed E-state index contributed by atoms with van der Waals surface area (Å²) in [6.45, 7) is 0. The van der Waals surface area contributed by atoms with Crippen LogP contribution in [0.15, 0.2) is 195 Å². The van der Waals surface area contributed by atoms with E-state index in [1.165, 1.54) is 38.2 Å². The Morgan fingerprint density at radius 1 is 0.315 bits per heavy atom. The third-order valence-corrected chi connectivity index (χ3v) is 10.2. The van der Waals surface area contributed by atoms with Crippen molar-refractivity contribution >= 4 is 32.3 Å². The lowest BCUT2D eigenvalue weighted by Gasteiger charge is -2.18. The van der Waals surface area contributed by atoms with Crippen LogP contribution in [0.25, 0.3) is 99.6 Å². The van der Waals surface area contributed by atoms with Gasteiger partial charge >= 0.3 is 0 Å². The van der Waals surface area contributed by atoms with Crippen molar-refractivity contribution in [1.29, 1.82) is 0 Å². The summed E-state index contributed by atoms with van der Waals surface area (Å²) in [7, 11) is 0. The van der Waals surface area contributed by atoms with Gasteiger partial charge in [0.15, 0.2) is 5.82 Å². The number of rotatable bonds is 6. The van der Waals surface area contributed by atoms with Crippen LogP contribution < -0.4 is 0 Å². The van der Waals surface area contributed by atoms with Crippen LogP contribution in [-0.4, -0.2) is 19.9 Å². The minimum absolute atomic E-state index is 0.654. The molecule has 0 saturated heterocycles. The predicted molar refractivity (Wildman–Crippen MR) is 223 cm³/mol. The van der Waals surface area contributed by atoms with Crippen molar-refractivity contribution in [3.63, 3.8) is 0 Å². The second-order valence-corrected chi connectivity index (χ2v) is 13.5. The average molecular weight is 689 g/mol. The Balaban J connectivity index is 1.19. The van der Waals surface area contributed by atoms with Crippen molar-refractivity contribution in [3.8, 4) is 67.3 Å². The zero-order chi connectivity index (χ0) is 35.8. The zero-order valence-corrected chi connectivity index (χ0v) is 29.3. The first-order valence-corrected chi connectivity index (χ1v) is 18.1. The molecule has 10 rings (SSSR count). The molecule has 0 amide bonds.